The number of hydrogen-bond donors (Lipinski definition) is 1. The molecule has 0 fully saturated rings. The molecule has 5 nitrogen and oxygen atoms in total. The molecule has 35 heavy (non-hydrogen) atoms. The van der Waals surface area contributed by atoms with Crippen molar-refractivity contribution in [2.75, 3.05) is 13.1 Å². The highest BCUT2D eigenvalue weighted by atomic mass is 32.1. The molecule has 0 unspecified atom stereocenters. The Morgan fingerprint density at radius 1 is 1.17 bits per heavy atom. The maximum Gasteiger partial charge on any atom is 0.416 e. The molecule has 0 radical (unpaired) electrons. The molecule has 3 aromatic rings. The average molecular weight is 500 g/mol. The maximum absolute atomic E-state index is 13.3. The van der Waals surface area contributed by atoms with E-state index in [2.05, 4.69) is 30.2 Å². The summed E-state index contributed by atoms with van der Waals surface area (Å²) in [5, 5.41) is 12.4. The monoisotopic (exact) mass is 499 g/mol. The van der Waals surface area contributed by atoms with Crippen LogP contribution in [-0.4, -0.2) is 32.7 Å². The molecule has 184 valence electrons. The lowest BCUT2D eigenvalue weighted by molar-refractivity contribution is -0.138. The summed E-state index contributed by atoms with van der Waals surface area (Å²) in [4.78, 5) is 6.28. The van der Waals surface area contributed by atoms with Gasteiger partial charge in [-0.05, 0) is 47.5 Å². The van der Waals surface area contributed by atoms with Gasteiger partial charge in [-0.2, -0.15) is 18.4 Å². The molecule has 0 bridgehead atoms. The predicted octanol–water partition coefficient (Wildman–Crippen LogP) is 5.40. The number of nitrogens with one attached hydrogen (secondary N) is 1. The Morgan fingerprint density at radius 2 is 1.89 bits per heavy atom. The van der Waals surface area contributed by atoms with Crippen molar-refractivity contribution in [3.8, 4) is 6.07 Å². The molecule has 1 heterocycles. The molecule has 0 spiro atoms. The van der Waals surface area contributed by atoms with Gasteiger partial charge < -0.3 is 14.8 Å². The van der Waals surface area contributed by atoms with E-state index in [-0.39, 0.29) is 12.1 Å². The van der Waals surface area contributed by atoms with Gasteiger partial charge in [0.15, 0.2) is 5.11 Å². The van der Waals surface area contributed by atoms with Gasteiger partial charge in [0, 0.05) is 44.5 Å². The number of aromatic nitrogens is 2. The molecule has 1 N–H and O–H groups in total. The number of halogens is 3. The number of alkyl halides is 3. The van der Waals surface area contributed by atoms with Crippen LogP contribution in [0.5, 0.6) is 0 Å². The SMILES string of the molecule is CC(C)CN(CCc1cncn1Cc1ccc(C#N)cc1)C(=S)NCc1ccccc1C(F)(F)F. The topological polar surface area (TPSA) is 56.9 Å². The van der Waals surface area contributed by atoms with Gasteiger partial charge in [0.05, 0.1) is 23.5 Å². The van der Waals surface area contributed by atoms with Crippen molar-refractivity contribution in [3.05, 3.63) is 89.0 Å². The number of nitriles is 1. The van der Waals surface area contributed by atoms with Gasteiger partial charge in [-0.25, -0.2) is 4.98 Å². The fourth-order valence-electron chi connectivity index (χ4n) is 3.78. The van der Waals surface area contributed by atoms with Gasteiger partial charge in [-0.1, -0.05) is 44.2 Å². The highest BCUT2D eigenvalue weighted by Crippen LogP contribution is 2.31. The fourth-order valence-corrected chi connectivity index (χ4v) is 4.02. The summed E-state index contributed by atoms with van der Waals surface area (Å²) >= 11 is 5.57. The zero-order valence-corrected chi connectivity index (χ0v) is 20.5. The minimum atomic E-state index is -4.41. The molecule has 2 aromatic carbocycles. The average Bonchev–Trinajstić information content (AvgIpc) is 3.26. The Kier molecular flexibility index (Phi) is 8.88. The summed E-state index contributed by atoms with van der Waals surface area (Å²) in [7, 11) is 0. The highest BCUT2D eigenvalue weighted by Gasteiger charge is 2.32. The molecular weight excluding hydrogens is 471 g/mol. The Morgan fingerprint density at radius 3 is 2.54 bits per heavy atom. The Balaban J connectivity index is 1.64. The normalized spacial score (nSPS) is 11.3. The number of benzene rings is 2. The third-order valence-corrected chi connectivity index (χ3v) is 5.90. The molecule has 0 atom stereocenters. The molecule has 9 heteroatoms. The first-order chi connectivity index (χ1) is 16.7. The van der Waals surface area contributed by atoms with Crippen molar-refractivity contribution < 1.29 is 13.2 Å². The predicted molar refractivity (Wildman–Crippen MR) is 133 cm³/mol. The summed E-state index contributed by atoms with van der Waals surface area (Å²) in [6, 6.07) is 15.1. The first kappa shape index (κ1) is 26.2. The van der Waals surface area contributed by atoms with Gasteiger partial charge in [-0.15, -0.1) is 0 Å². The number of thiocarbonyl (C=S) groups is 1. The Bertz CT molecular complexity index is 1160. The van der Waals surface area contributed by atoms with Crippen molar-refractivity contribution in [1.82, 2.24) is 19.8 Å². The molecule has 0 saturated carbocycles. The zero-order chi connectivity index (χ0) is 25.4. The van der Waals surface area contributed by atoms with Crippen molar-refractivity contribution in [3.63, 3.8) is 0 Å². The standard InChI is InChI=1S/C26H28F3N5S/c1-19(2)16-33(25(35)32-14-22-5-3-4-6-24(22)26(27,28)29)12-11-23-15-31-18-34(23)17-21-9-7-20(13-30)8-10-21/h3-10,15,18-19H,11-12,14,16-17H2,1-2H3,(H,32,35). The van der Waals surface area contributed by atoms with Crippen LogP contribution in [0.3, 0.4) is 0 Å². The van der Waals surface area contributed by atoms with E-state index in [9.17, 15) is 13.2 Å². The minimum absolute atomic E-state index is 0.000261. The largest absolute Gasteiger partial charge is 0.416 e. The number of rotatable bonds is 9. The molecule has 0 amide bonds. The van der Waals surface area contributed by atoms with E-state index in [1.807, 2.05) is 27.8 Å². The van der Waals surface area contributed by atoms with Gasteiger partial charge in [0.1, 0.15) is 0 Å². The molecule has 0 aliphatic carbocycles. The second-order valence-corrected chi connectivity index (χ2v) is 9.11. The van der Waals surface area contributed by atoms with Crippen LogP contribution < -0.4 is 5.32 Å². The van der Waals surface area contributed by atoms with Crippen molar-refractivity contribution >= 4 is 17.3 Å². The minimum Gasteiger partial charge on any atom is -0.358 e. The van der Waals surface area contributed by atoms with E-state index in [1.54, 1.807) is 24.5 Å². The smallest absolute Gasteiger partial charge is 0.358 e. The van der Waals surface area contributed by atoms with Crippen LogP contribution in [0, 0.1) is 17.2 Å². The first-order valence-corrected chi connectivity index (χ1v) is 11.7. The van der Waals surface area contributed by atoms with Crippen LogP contribution in [0.25, 0.3) is 0 Å². The summed E-state index contributed by atoms with van der Waals surface area (Å²) < 4.78 is 42.0. The van der Waals surface area contributed by atoms with E-state index in [0.29, 0.717) is 42.6 Å². The van der Waals surface area contributed by atoms with Crippen LogP contribution in [0.15, 0.2) is 61.1 Å². The van der Waals surface area contributed by atoms with E-state index in [0.717, 1.165) is 17.3 Å². The van der Waals surface area contributed by atoms with Gasteiger partial charge in [0.2, 0.25) is 0 Å². The molecule has 0 aliphatic heterocycles. The number of imidazole rings is 1. The second-order valence-electron chi connectivity index (χ2n) is 8.73. The lowest BCUT2D eigenvalue weighted by Gasteiger charge is -2.28. The third kappa shape index (κ3) is 7.55. The van der Waals surface area contributed by atoms with Crippen LogP contribution in [0.4, 0.5) is 13.2 Å². The highest BCUT2D eigenvalue weighted by molar-refractivity contribution is 7.80. The number of nitrogens with zero attached hydrogens (tertiary/aromatic N) is 4. The molecule has 3 rings (SSSR count). The molecule has 0 aliphatic rings. The summed E-state index contributed by atoms with van der Waals surface area (Å²) in [6.45, 7) is 6.05. The molecule has 0 saturated heterocycles. The number of hydrogen-bond acceptors (Lipinski definition) is 3. The second kappa shape index (κ2) is 11.8. The summed E-state index contributed by atoms with van der Waals surface area (Å²) in [6.07, 6.45) is -0.160. The van der Waals surface area contributed by atoms with Gasteiger partial charge in [-0.3, -0.25) is 0 Å². The first-order valence-electron chi connectivity index (χ1n) is 11.3. The Hall–Kier alpha value is -3.38. The van der Waals surface area contributed by atoms with Crippen LogP contribution >= 0.6 is 12.2 Å². The third-order valence-electron chi connectivity index (χ3n) is 5.50. The van der Waals surface area contributed by atoms with Gasteiger partial charge >= 0.3 is 6.18 Å². The van der Waals surface area contributed by atoms with Gasteiger partial charge in [0.25, 0.3) is 0 Å². The summed E-state index contributed by atoms with van der Waals surface area (Å²) in [5.41, 5.74) is 2.20. The van der Waals surface area contributed by atoms with E-state index >= 15 is 0 Å². The Labute approximate surface area is 209 Å². The van der Waals surface area contributed by atoms with Crippen LogP contribution in [-0.2, 0) is 25.7 Å². The fraction of sp³-hybridized carbons (Fsp3) is 0.346. The lowest BCUT2D eigenvalue weighted by Crippen LogP contribution is -2.42. The molecule has 1 aromatic heterocycles. The quantitative estimate of drug-likeness (QED) is 0.400. The lowest BCUT2D eigenvalue weighted by atomic mass is 10.1. The van der Waals surface area contributed by atoms with Crippen molar-refractivity contribution in [2.24, 2.45) is 5.92 Å². The van der Waals surface area contributed by atoms with E-state index in [1.165, 1.54) is 12.1 Å². The van der Waals surface area contributed by atoms with E-state index < -0.39 is 11.7 Å². The maximum atomic E-state index is 13.3. The van der Waals surface area contributed by atoms with Crippen LogP contribution in [0.1, 0.15) is 41.8 Å². The van der Waals surface area contributed by atoms with Crippen LogP contribution in [0.2, 0.25) is 0 Å². The zero-order valence-electron chi connectivity index (χ0n) is 19.7. The van der Waals surface area contributed by atoms with Crippen molar-refractivity contribution in [1.29, 1.82) is 5.26 Å². The molecular formula is C26H28F3N5S. The van der Waals surface area contributed by atoms with E-state index in [4.69, 9.17) is 17.5 Å². The summed E-state index contributed by atoms with van der Waals surface area (Å²) in [5.74, 6) is 0.320. The van der Waals surface area contributed by atoms with Crippen molar-refractivity contribution in [2.45, 2.75) is 39.5 Å².